The monoisotopic (exact) mass is 221 g/mol. The molecule has 1 aliphatic carbocycles. The molecule has 1 saturated carbocycles. The Morgan fingerprint density at radius 2 is 2.25 bits per heavy atom. The Labute approximate surface area is 95.8 Å². The average Bonchev–Trinajstić information content (AvgIpc) is 2.53. The van der Waals surface area contributed by atoms with Crippen LogP contribution >= 0.6 is 0 Å². The Balaban J connectivity index is 1.92. The van der Waals surface area contributed by atoms with E-state index in [1.807, 2.05) is 26.1 Å². The normalized spacial score (nSPS) is 17.9. The minimum Gasteiger partial charge on any atom is -0.350 e. The van der Waals surface area contributed by atoms with Crippen LogP contribution in [0.2, 0.25) is 0 Å². The third-order valence-electron chi connectivity index (χ3n) is 3.60. The summed E-state index contributed by atoms with van der Waals surface area (Å²) >= 11 is 0. The first-order chi connectivity index (χ1) is 7.53. The van der Waals surface area contributed by atoms with Gasteiger partial charge in [0.2, 0.25) is 5.91 Å². The molecule has 1 aliphatic rings. The third kappa shape index (κ3) is 1.85. The van der Waals surface area contributed by atoms with E-state index in [0.717, 1.165) is 25.0 Å². The maximum absolute atomic E-state index is 11.8. The zero-order valence-electron chi connectivity index (χ0n) is 9.92. The molecule has 0 aliphatic heterocycles. The Kier molecular flexibility index (Phi) is 2.76. The number of hydrogen-bond acceptors (Lipinski definition) is 2. The summed E-state index contributed by atoms with van der Waals surface area (Å²) < 4.78 is 2.07. The van der Waals surface area contributed by atoms with Crippen molar-refractivity contribution in [2.45, 2.75) is 38.3 Å². The van der Waals surface area contributed by atoms with Crippen LogP contribution in [0.3, 0.4) is 0 Å². The smallest absolute Gasteiger partial charge is 0.240 e. The van der Waals surface area contributed by atoms with Gasteiger partial charge in [0.15, 0.2) is 0 Å². The molecule has 4 nitrogen and oxygen atoms in total. The minimum atomic E-state index is -0.597. The van der Waals surface area contributed by atoms with E-state index in [9.17, 15) is 4.79 Å². The van der Waals surface area contributed by atoms with Gasteiger partial charge in [-0.05, 0) is 38.3 Å². The summed E-state index contributed by atoms with van der Waals surface area (Å²) in [7, 11) is 2.00. The predicted molar refractivity (Wildman–Crippen MR) is 62.8 cm³/mol. The quantitative estimate of drug-likeness (QED) is 0.794. The lowest BCUT2D eigenvalue weighted by molar-refractivity contribution is -0.129. The molecule has 3 N–H and O–H groups in total. The van der Waals surface area contributed by atoms with E-state index in [2.05, 4.69) is 9.88 Å². The highest BCUT2D eigenvalue weighted by Gasteiger charge is 2.39. The van der Waals surface area contributed by atoms with Crippen LogP contribution in [0, 0.1) is 6.92 Å². The molecule has 0 aromatic carbocycles. The lowest BCUT2D eigenvalue weighted by atomic mass is 9.77. The molecule has 1 amide bonds. The fourth-order valence-corrected chi connectivity index (χ4v) is 1.98. The lowest BCUT2D eigenvalue weighted by Gasteiger charge is -2.36. The number of aryl methyl sites for hydroxylation is 1. The standard InChI is InChI=1S/C12H19N3O/c1-9-4-5-10(15(9)2)8-14-11(16)12(13)6-3-7-12/h4-5H,3,6-8,13H2,1-2H3,(H,14,16). The zero-order chi connectivity index (χ0) is 11.8. The number of nitrogens with two attached hydrogens (primary N) is 1. The Bertz CT molecular complexity index is 404. The minimum absolute atomic E-state index is 0.0161. The van der Waals surface area contributed by atoms with Gasteiger partial charge in [0.25, 0.3) is 0 Å². The molecule has 1 aromatic heterocycles. The molecule has 1 aromatic rings. The Morgan fingerprint density at radius 3 is 2.69 bits per heavy atom. The van der Waals surface area contributed by atoms with Crippen LogP contribution in [0.5, 0.6) is 0 Å². The maximum Gasteiger partial charge on any atom is 0.240 e. The summed E-state index contributed by atoms with van der Waals surface area (Å²) in [4.78, 5) is 11.8. The van der Waals surface area contributed by atoms with E-state index in [1.165, 1.54) is 5.69 Å². The van der Waals surface area contributed by atoms with Gasteiger partial charge in [-0.3, -0.25) is 4.79 Å². The highest BCUT2D eigenvalue weighted by Crippen LogP contribution is 2.29. The number of rotatable bonds is 3. The van der Waals surface area contributed by atoms with Gasteiger partial charge in [0.05, 0.1) is 12.1 Å². The summed E-state index contributed by atoms with van der Waals surface area (Å²) in [6, 6.07) is 4.07. The molecule has 1 heterocycles. The van der Waals surface area contributed by atoms with Gasteiger partial charge in [0.1, 0.15) is 0 Å². The van der Waals surface area contributed by atoms with Gasteiger partial charge in [-0.15, -0.1) is 0 Å². The summed E-state index contributed by atoms with van der Waals surface area (Å²) in [5.74, 6) is -0.0161. The lowest BCUT2D eigenvalue weighted by Crippen LogP contribution is -2.58. The molecular formula is C12H19N3O. The maximum atomic E-state index is 11.8. The Morgan fingerprint density at radius 1 is 1.56 bits per heavy atom. The van der Waals surface area contributed by atoms with Crippen molar-refractivity contribution in [2.24, 2.45) is 12.8 Å². The van der Waals surface area contributed by atoms with Crippen LogP contribution < -0.4 is 11.1 Å². The largest absolute Gasteiger partial charge is 0.350 e. The molecule has 0 atom stereocenters. The summed E-state index contributed by atoms with van der Waals surface area (Å²) in [6.45, 7) is 2.60. The van der Waals surface area contributed by atoms with Gasteiger partial charge in [-0.2, -0.15) is 0 Å². The van der Waals surface area contributed by atoms with Crippen molar-refractivity contribution in [2.75, 3.05) is 0 Å². The summed E-state index contributed by atoms with van der Waals surface area (Å²) in [5.41, 5.74) is 7.63. The van der Waals surface area contributed by atoms with Crippen molar-refractivity contribution in [1.29, 1.82) is 0 Å². The van der Waals surface area contributed by atoms with Crippen LogP contribution in [0.4, 0.5) is 0 Å². The molecule has 0 saturated heterocycles. The molecule has 2 rings (SSSR count). The first-order valence-electron chi connectivity index (χ1n) is 5.71. The highest BCUT2D eigenvalue weighted by molar-refractivity contribution is 5.86. The molecule has 0 unspecified atom stereocenters. The predicted octanol–water partition coefficient (Wildman–Crippen LogP) is 0.831. The molecule has 88 valence electrons. The van der Waals surface area contributed by atoms with E-state index in [4.69, 9.17) is 5.73 Å². The van der Waals surface area contributed by atoms with Crippen LogP contribution in [0.15, 0.2) is 12.1 Å². The summed E-state index contributed by atoms with van der Waals surface area (Å²) in [5, 5.41) is 2.91. The topological polar surface area (TPSA) is 60.1 Å². The number of nitrogens with zero attached hydrogens (tertiary/aromatic N) is 1. The van der Waals surface area contributed by atoms with Crippen molar-refractivity contribution in [1.82, 2.24) is 9.88 Å². The van der Waals surface area contributed by atoms with Gasteiger partial charge in [0, 0.05) is 18.4 Å². The van der Waals surface area contributed by atoms with Gasteiger partial charge < -0.3 is 15.6 Å². The van der Waals surface area contributed by atoms with Crippen molar-refractivity contribution in [3.8, 4) is 0 Å². The van der Waals surface area contributed by atoms with Crippen molar-refractivity contribution in [3.05, 3.63) is 23.5 Å². The Hall–Kier alpha value is -1.29. The van der Waals surface area contributed by atoms with Crippen LogP contribution in [0.1, 0.15) is 30.7 Å². The van der Waals surface area contributed by atoms with E-state index in [-0.39, 0.29) is 5.91 Å². The number of aromatic nitrogens is 1. The SMILES string of the molecule is Cc1ccc(CNC(=O)C2(N)CCC2)n1C. The fraction of sp³-hybridized carbons (Fsp3) is 0.583. The number of amides is 1. The van der Waals surface area contributed by atoms with Crippen LogP contribution in [-0.4, -0.2) is 16.0 Å². The molecule has 1 fully saturated rings. The van der Waals surface area contributed by atoms with Gasteiger partial charge in [-0.25, -0.2) is 0 Å². The van der Waals surface area contributed by atoms with E-state index >= 15 is 0 Å². The van der Waals surface area contributed by atoms with Crippen LogP contribution in [0.25, 0.3) is 0 Å². The van der Waals surface area contributed by atoms with Crippen molar-refractivity contribution < 1.29 is 4.79 Å². The van der Waals surface area contributed by atoms with E-state index < -0.39 is 5.54 Å². The van der Waals surface area contributed by atoms with Crippen molar-refractivity contribution >= 4 is 5.91 Å². The molecular weight excluding hydrogens is 202 g/mol. The first kappa shape index (κ1) is 11.2. The summed E-state index contributed by atoms with van der Waals surface area (Å²) in [6.07, 6.45) is 2.68. The third-order valence-corrected chi connectivity index (χ3v) is 3.60. The second-order valence-corrected chi connectivity index (χ2v) is 4.72. The second kappa shape index (κ2) is 3.94. The number of carbonyl (C=O) groups is 1. The molecule has 4 heteroatoms. The van der Waals surface area contributed by atoms with Gasteiger partial charge >= 0.3 is 0 Å². The second-order valence-electron chi connectivity index (χ2n) is 4.72. The van der Waals surface area contributed by atoms with Crippen molar-refractivity contribution in [3.63, 3.8) is 0 Å². The number of nitrogens with one attached hydrogen (secondary N) is 1. The van der Waals surface area contributed by atoms with E-state index in [1.54, 1.807) is 0 Å². The van der Waals surface area contributed by atoms with E-state index in [0.29, 0.717) is 6.54 Å². The zero-order valence-corrected chi connectivity index (χ0v) is 9.92. The molecule has 0 radical (unpaired) electrons. The number of carbonyl (C=O) groups excluding carboxylic acids is 1. The molecule has 0 bridgehead atoms. The molecule has 0 spiro atoms. The highest BCUT2D eigenvalue weighted by atomic mass is 16.2. The first-order valence-corrected chi connectivity index (χ1v) is 5.71. The van der Waals surface area contributed by atoms with Gasteiger partial charge in [-0.1, -0.05) is 0 Å². The molecule has 16 heavy (non-hydrogen) atoms. The average molecular weight is 221 g/mol. The van der Waals surface area contributed by atoms with Crippen LogP contribution in [-0.2, 0) is 18.4 Å². The number of hydrogen-bond donors (Lipinski definition) is 2. The fourth-order valence-electron chi connectivity index (χ4n) is 1.98.